The van der Waals surface area contributed by atoms with Crippen molar-refractivity contribution in [3.05, 3.63) is 0 Å². The molecule has 0 aromatic heterocycles. The predicted molar refractivity (Wildman–Crippen MR) is 40.7 cm³/mol. The average Bonchev–Trinajstić information content (AvgIpc) is 2.04. The summed E-state index contributed by atoms with van der Waals surface area (Å²) < 4.78 is 0. The summed E-state index contributed by atoms with van der Waals surface area (Å²) in [5.74, 6) is 1.04. The lowest BCUT2D eigenvalue weighted by Gasteiger charge is -2.12. The fourth-order valence-corrected chi connectivity index (χ4v) is 1.24. The molecule has 0 bridgehead atoms. The number of rotatable bonds is 0. The van der Waals surface area contributed by atoms with Gasteiger partial charge in [0, 0.05) is 20.0 Å². The summed E-state index contributed by atoms with van der Waals surface area (Å²) in [6.07, 6.45) is 2.99. The average molecular weight is 141 g/mol. The number of hydrogen-bond donors (Lipinski definition) is 0. The Morgan fingerprint density at radius 2 is 2.20 bits per heavy atom. The Bertz CT molecular complexity index is 133. The van der Waals surface area contributed by atoms with Crippen LogP contribution in [0.25, 0.3) is 0 Å². The van der Waals surface area contributed by atoms with Gasteiger partial charge in [-0.2, -0.15) is 0 Å². The lowest BCUT2D eigenvalue weighted by atomic mass is 10.0. The van der Waals surface area contributed by atoms with Gasteiger partial charge < -0.3 is 4.90 Å². The van der Waals surface area contributed by atoms with Crippen LogP contribution in [0.3, 0.4) is 0 Å². The van der Waals surface area contributed by atoms with Crippen molar-refractivity contribution in [3.63, 3.8) is 0 Å². The smallest absolute Gasteiger partial charge is 0.222 e. The molecule has 1 atom stereocenters. The fourth-order valence-electron chi connectivity index (χ4n) is 1.24. The molecule has 0 unspecified atom stereocenters. The van der Waals surface area contributed by atoms with Crippen LogP contribution in [0.1, 0.15) is 26.2 Å². The molecule has 0 aliphatic carbocycles. The molecule has 1 amide bonds. The molecule has 0 N–H and O–H groups in total. The molecule has 0 aromatic carbocycles. The monoisotopic (exact) mass is 141 g/mol. The van der Waals surface area contributed by atoms with Gasteiger partial charge in [0.2, 0.25) is 5.91 Å². The van der Waals surface area contributed by atoms with Crippen molar-refractivity contribution in [1.29, 1.82) is 0 Å². The molecule has 1 aliphatic rings. The number of carbonyl (C=O) groups excluding carboxylic acids is 1. The number of likely N-dealkylation sites (tertiary alicyclic amines) is 1. The second kappa shape index (κ2) is 3.04. The van der Waals surface area contributed by atoms with E-state index in [-0.39, 0.29) is 0 Å². The molecule has 0 spiro atoms. The zero-order valence-corrected chi connectivity index (χ0v) is 6.76. The maximum absolute atomic E-state index is 11.1. The minimum atomic E-state index is 0.310. The van der Waals surface area contributed by atoms with Gasteiger partial charge >= 0.3 is 0 Å². The van der Waals surface area contributed by atoms with E-state index in [4.69, 9.17) is 0 Å². The number of amides is 1. The third-order valence-corrected chi connectivity index (χ3v) is 2.23. The zero-order chi connectivity index (χ0) is 7.56. The highest BCUT2D eigenvalue weighted by molar-refractivity contribution is 5.76. The lowest BCUT2D eigenvalue weighted by molar-refractivity contribution is -0.129. The third kappa shape index (κ3) is 1.72. The highest BCUT2D eigenvalue weighted by atomic mass is 16.2. The SMILES string of the molecule is C[C@H]1CCC(=O)N(C)CC1. The largest absolute Gasteiger partial charge is 0.346 e. The van der Waals surface area contributed by atoms with Crippen molar-refractivity contribution < 1.29 is 4.79 Å². The Morgan fingerprint density at radius 1 is 1.50 bits per heavy atom. The van der Waals surface area contributed by atoms with Gasteiger partial charge in [0.05, 0.1) is 0 Å². The number of hydrogen-bond acceptors (Lipinski definition) is 1. The summed E-state index contributed by atoms with van der Waals surface area (Å²) in [6.45, 7) is 3.16. The first-order valence-corrected chi connectivity index (χ1v) is 3.94. The van der Waals surface area contributed by atoms with E-state index in [9.17, 15) is 4.79 Å². The molecule has 2 nitrogen and oxygen atoms in total. The predicted octanol–water partition coefficient (Wildman–Crippen LogP) is 1.26. The van der Waals surface area contributed by atoms with Crippen molar-refractivity contribution in [2.24, 2.45) is 5.92 Å². The van der Waals surface area contributed by atoms with Gasteiger partial charge in [-0.15, -0.1) is 0 Å². The molecule has 1 rings (SSSR count). The van der Waals surface area contributed by atoms with Gasteiger partial charge in [-0.05, 0) is 18.8 Å². The Morgan fingerprint density at radius 3 is 2.90 bits per heavy atom. The Labute approximate surface area is 62.2 Å². The highest BCUT2D eigenvalue weighted by Crippen LogP contribution is 2.15. The molecular weight excluding hydrogens is 126 g/mol. The first kappa shape index (κ1) is 7.58. The normalized spacial score (nSPS) is 28.4. The Kier molecular flexibility index (Phi) is 2.30. The van der Waals surface area contributed by atoms with E-state index in [0.717, 1.165) is 25.3 Å². The zero-order valence-electron chi connectivity index (χ0n) is 6.76. The summed E-state index contributed by atoms with van der Waals surface area (Å²) in [4.78, 5) is 12.9. The van der Waals surface area contributed by atoms with Crippen LogP contribution in [0.4, 0.5) is 0 Å². The summed E-state index contributed by atoms with van der Waals surface area (Å²) in [5, 5.41) is 0. The molecule has 1 aliphatic heterocycles. The fraction of sp³-hybridized carbons (Fsp3) is 0.875. The van der Waals surface area contributed by atoms with Gasteiger partial charge in [-0.25, -0.2) is 0 Å². The molecule has 58 valence electrons. The topological polar surface area (TPSA) is 20.3 Å². The molecule has 1 fully saturated rings. The summed E-state index contributed by atoms with van der Waals surface area (Å²) in [5.41, 5.74) is 0. The van der Waals surface area contributed by atoms with Gasteiger partial charge in [0.1, 0.15) is 0 Å². The molecule has 10 heavy (non-hydrogen) atoms. The summed E-state index contributed by atoms with van der Waals surface area (Å²) in [6, 6.07) is 0. The van der Waals surface area contributed by atoms with Gasteiger partial charge in [-0.1, -0.05) is 6.92 Å². The summed E-state index contributed by atoms with van der Waals surface area (Å²) in [7, 11) is 1.89. The second-order valence-electron chi connectivity index (χ2n) is 3.25. The first-order valence-electron chi connectivity index (χ1n) is 3.94. The van der Waals surface area contributed by atoms with Crippen LogP contribution in [0.2, 0.25) is 0 Å². The third-order valence-electron chi connectivity index (χ3n) is 2.23. The van der Waals surface area contributed by atoms with E-state index in [0.29, 0.717) is 5.91 Å². The highest BCUT2D eigenvalue weighted by Gasteiger charge is 2.15. The Balaban J connectivity index is 2.46. The minimum Gasteiger partial charge on any atom is -0.346 e. The molecular formula is C8H15NO. The van der Waals surface area contributed by atoms with Crippen LogP contribution >= 0.6 is 0 Å². The van der Waals surface area contributed by atoms with Crippen LogP contribution in [0.5, 0.6) is 0 Å². The molecule has 0 aromatic rings. The maximum Gasteiger partial charge on any atom is 0.222 e. The second-order valence-corrected chi connectivity index (χ2v) is 3.25. The van der Waals surface area contributed by atoms with Gasteiger partial charge in [-0.3, -0.25) is 4.79 Å². The number of carbonyl (C=O) groups is 1. The molecule has 1 saturated heterocycles. The lowest BCUT2D eigenvalue weighted by Crippen LogP contribution is -2.25. The van der Waals surface area contributed by atoms with Crippen LogP contribution in [-0.2, 0) is 4.79 Å². The van der Waals surface area contributed by atoms with Gasteiger partial charge in [0.15, 0.2) is 0 Å². The van der Waals surface area contributed by atoms with Crippen LogP contribution < -0.4 is 0 Å². The quantitative estimate of drug-likeness (QED) is 0.497. The van der Waals surface area contributed by atoms with Crippen molar-refractivity contribution >= 4 is 5.91 Å². The summed E-state index contributed by atoms with van der Waals surface area (Å²) >= 11 is 0. The van der Waals surface area contributed by atoms with E-state index in [2.05, 4.69) is 6.92 Å². The molecule has 1 heterocycles. The van der Waals surface area contributed by atoms with E-state index in [1.54, 1.807) is 0 Å². The first-order chi connectivity index (χ1) is 4.70. The van der Waals surface area contributed by atoms with Crippen LogP contribution in [0, 0.1) is 5.92 Å². The molecule has 0 saturated carbocycles. The minimum absolute atomic E-state index is 0.310. The van der Waals surface area contributed by atoms with Crippen LogP contribution in [-0.4, -0.2) is 24.4 Å². The van der Waals surface area contributed by atoms with Gasteiger partial charge in [0.25, 0.3) is 0 Å². The molecule has 2 heteroatoms. The van der Waals surface area contributed by atoms with E-state index < -0.39 is 0 Å². The standard InChI is InChI=1S/C8H15NO/c1-7-3-4-8(10)9(2)6-5-7/h7H,3-6H2,1-2H3/t7-/m0/s1. The molecule has 0 radical (unpaired) electrons. The maximum atomic E-state index is 11.1. The van der Waals surface area contributed by atoms with Crippen LogP contribution in [0.15, 0.2) is 0 Å². The number of nitrogens with zero attached hydrogens (tertiary/aromatic N) is 1. The van der Waals surface area contributed by atoms with E-state index >= 15 is 0 Å². The van der Waals surface area contributed by atoms with Crippen molar-refractivity contribution in [2.75, 3.05) is 13.6 Å². The van der Waals surface area contributed by atoms with Crippen molar-refractivity contribution in [1.82, 2.24) is 4.90 Å². The Hall–Kier alpha value is -0.530. The van der Waals surface area contributed by atoms with Crippen molar-refractivity contribution in [2.45, 2.75) is 26.2 Å². The van der Waals surface area contributed by atoms with E-state index in [1.807, 2.05) is 11.9 Å². The van der Waals surface area contributed by atoms with E-state index in [1.165, 1.54) is 6.42 Å². The van der Waals surface area contributed by atoms with Crippen molar-refractivity contribution in [3.8, 4) is 0 Å².